The average Bonchev–Trinajstić information content (AvgIpc) is 3.44. The first-order chi connectivity index (χ1) is 17.0. The summed E-state index contributed by atoms with van der Waals surface area (Å²) in [6, 6.07) is 25.1. The summed E-state index contributed by atoms with van der Waals surface area (Å²) in [6.45, 7) is 2.55. The Morgan fingerprint density at radius 3 is 2.46 bits per heavy atom. The second kappa shape index (κ2) is 9.77. The molecule has 0 aliphatic rings. The minimum absolute atomic E-state index is 0.0786. The Balaban J connectivity index is 1.23. The first-order valence-corrected chi connectivity index (χ1v) is 11.2. The van der Waals surface area contributed by atoms with Crippen molar-refractivity contribution < 1.29 is 23.8 Å². The normalized spacial score (nSPS) is 11.0. The average molecular weight is 469 g/mol. The number of aromatic nitrogens is 2. The monoisotopic (exact) mass is 468 g/mol. The first kappa shape index (κ1) is 22.3. The van der Waals surface area contributed by atoms with Crippen molar-refractivity contribution in [1.29, 1.82) is 0 Å². The fraction of sp³-hybridized carbons (Fsp3) is 0.143. The van der Waals surface area contributed by atoms with E-state index in [1.54, 1.807) is 10.8 Å². The van der Waals surface area contributed by atoms with Gasteiger partial charge >= 0.3 is 5.97 Å². The molecule has 7 heteroatoms. The maximum Gasteiger partial charge on any atom is 0.323 e. The number of aryl methyl sites for hydroxylation is 1. The van der Waals surface area contributed by atoms with Crippen LogP contribution < -0.4 is 9.47 Å². The molecule has 0 atom stereocenters. The topological polar surface area (TPSA) is 86.7 Å². The molecule has 176 valence electrons. The van der Waals surface area contributed by atoms with Gasteiger partial charge in [-0.05, 0) is 61.0 Å². The van der Waals surface area contributed by atoms with Crippen molar-refractivity contribution in [3.63, 3.8) is 0 Å². The second-order valence-electron chi connectivity index (χ2n) is 8.17. The molecule has 7 nitrogen and oxygen atoms in total. The highest BCUT2D eigenvalue weighted by molar-refractivity contribution is 5.83. The molecule has 0 bridgehead atoms. The van der Waals surface area contributed by atoms with Crippen molar-refractivity contribution in [2.24, 2.45) is 0 Å². The maximum atomic E-state index is 11.0. The number of rotatable bonds is 9. The van der Waals surface area contributed by atoms with E-state index in [1.807, 2.05) is 85.8 Å². The maximum absolute atomic E-state index is 11.0. The van der Waals surface area contributed by atoms with E-state index in [1.165, 1.54) is 0 Å². The van der Waals surface area contributed by atoms with Crippen molar-refractivity contribution in [3.8, 4) is 23.0 Å². The van der Waals surface area contributed by atoms with Gasteiger partial charge in [0.2, 0.25) is 5.89 Å². The smallest absolute Gasteiger partial charge is 0.323 e. The Kier molecular flexibility index (Phi) is 6.22. The van der Waals surface area contributed by atoms with Crippen LogP contribution >= 0.6 is 0 Å². The molecule has 0 fully saturated rings. The lowest BCUT2D eigenvalue weighted by molar-refractivity contribution is -0.137. The van der Waals surface area contributed by atoms with Crippen LogP contribution in [0.3, 0.4) is 0 Å². The highest BCUT2D eigenvalue weighted by atomic mass is 16.5. The third kappa shape index (κ3) is 5.19. The van der Waals surface area contributed by atoms with E-state index in [0.29, 0.717) is 29.7 Å². The van der Waals surface area contributed by atoms with Crippen LogP contribution in [-0.4, -0.2) is 20.6 Å². The Morgan fingerprint density at radius 2 is 1.69 bits per heavy atom. The summed E-state index contributed by atoms with van der Waals surface area (Å²) in [7, 11) is 0. The third-order valence-electron chi connectivity index (χ3n) is 5.67. The number of nitrogens with zero attached hydrogens (tertiary/aromatic N) is 2. The van der Waals surface area contributed by atoms with Gasteiger partial charge in [0.15, 0.2) is 0 Å². The van der Waals surface area contributed by atoms with E-state index >= 15 is 0 Å². The van der Waals surface area contributed by atoms with E-state index in [0.717, 1.165) is 27.8 Å². The molecule has 2 aromatic heterocycles. The summed E-state index contributed by atoms with van der Waals surface area (Å²) in [5.41, 5.74) is 3.53. The zero-order valence-corrected chi connectivity index (χ0v) is 19.2. The van der Waals surface area contributed by atoms with E-state index in [2.05, 4.69) is 4.98 Å². The summed E-state index contributed by atoms with van der Waals surface area (Å²) < 4.78 is 19.4. The standard InChI is InChI=1S/C28H24N2O5/c1-19-25(18-34-24-11-12-26-22(15-24)13-14-30(26)16-27(31)32)29-28(35-19)21-7-9-23(10-8-21)33-17-20-5-3-2-4-6-20/h2-15H,16-18H2,1H3,(H,31,32). The summed E-state index contributed by atoms with van der Waals surface area (Å²) in [4.78, 5) is 15.6. The SMILES string of the molecule is Cc1oc(-c2ccc(OCc3ccccc3)cc2)nc1COc1ccc2c(ccn2CC(=O)O)c1. The van der Waals surface area contributed by atoms with E-state index in [4.69, 9.17) is 19.0 Å². The van der Waals surface area contributed by atoms with Gasteiger partial charge in [0.05, 0.1) is 0 Å². The number of benzene rings is 3. The highest BCUT2D eigenvalue weighted by Gasteiger charge is 2.13. The quantitative estimate of drug-likeness (QED) is 0.292. The largest absolute Gasteiger partial charge is 0.489 e. The number of aliphatic carboxylic acids is 1. The van der Waals surface area contributed by atoms with Gasteiger partial charge in [0.25, 0.3) is 0 Å². The number of carboxylic acid groups (broad SMARTS) is 1. The summed E-state index contributed by atoms with van der Waals surface area (Å²) >= 11 is 0. The van der Waals surface area contributed by atoms with E-state index in [9.17, 15) is 4.79 Å². The molecule has 5 aromatic rings. The van der Waals surface area contributed by atoms with Crippen LogP contribution in [0.25, 0.3) is 22.4 Å². The second-order valence-corrected chi connectivity index (χ2v) is 8.17. The van der Waals surface area contributed by atoms with E-state index < -0.39 is 5.97 Å². The lowest BCUT2D eigenvalue weighted by Gasteiger charge is -2.06. The number of carboxylic acids is 1. The molecule has 0 saturated carbocycles. The Morgan fingerprint density at radius 1 is 0.943 bits per heavy atom. The van der Waals surface area contributed by atoms with Crippen LogP contribution in [0.1, 0.15) is 17.0 Å². The van der Waals surface area contributed by atoms with Gasteiger partial charge in [0.1, 0.15) is 42.7 Å². The molecule has 0 radical (unpaired) electrons. The number of oxazole rings is 1. The van der Waals surface area contributed by atoms with Crippen LogP contribution in [0.4, 0.5) is 0 Å². The summed E-state index contributed by atoms with van der Waals surface area (Å²) in [5.74, 6) is 1.79. The fourth-order valence-electron chi connectivity index (χ4n) is 3.82. The van der Waals surface area contributed by atoms with Crippen molar-refractivity contribution in [3.05, 3.63) is 102 Å². The Hall–Kier alpha value is -4.52. The molecule has 0 unspecified atom stereocenters. The molecule has 1 N–H and O–H groups in total. The molecule has 5 rings (SSSR count). The Bertz CT molecular complexity index is 1450. The first-order valence-electron chi connectivity index (χ1n) is 11.2. The predicted octanol–water partition coefficient (Wildman–Crippen LogP) is 5.85. The van der Waals surface area contributed by atoms with Crippen LogP contribution in [0.2, 0.25) is 0 Å². The summed E-state index contributed by atoms with van der Waals surface area (Å²) in [5, 5.41) is 9.95. The molecule has 0 aliphatic carbocycles. The van der Waals surface area contributed by atoms with Gasteiger partial charge in [0, 0.05) is 22.7 Å². The van der Waals surface area contributed by atoms with Crippen molar-refractivity contribution in [2.45, 2.75) is 26.7 Å². The van der Waals surface area contributed by atoms with E-state index in [-0.39, 0.29) is 13.2 Å². The zero-order chi connectivity index (χ0) is 24.2. The lowest BCUT2D eigenvalue weighted by atomic mass is 10.2. The zero-order valence-electron chi connectivity index (χ0n) is 19.2. The minimum Gasteiger partial charge on any atom is -0.489 e. The number of hydrogen-bond acceptors (Lipinski definition) is 5. The van der Waals surface area contributed by atoms with Crippen molar-refractivity contribution in [2.75, 3.05) is 0 Å². The molecule has 35 heavy (non-hydrogen) atoms. The van der Waals surface area contributed by atoms with Crippen LogP contribution in [0, 0.1) is 6.92 Å². The molecular formula is C28H24N2O5. The van der Waals surface area contributed by atoms with Gasteiger partial charge in [-0.25, -0.2) is 4.98 Å². The molecule has 3 aromatic carbocycles. The number of fused-ring (bicyclic) bond motifs is 1. The van der Waals surface area contributed by atoms with Gasteiger partial charge in [-0.15, -0.1) is 0 Å². The van der Waals surface area contributed by atoms with Crippen LogP contribution in [-0.2, 0) is 24.6 Å². The molecule has 0 saturated heterocycles. The number of hydrogen-bond donors (Lipinski definition) is 1. The van der Waals surface area contributed by atoms with Crippen molar-refractivity contribution >= 4 is 16.9 Å². The van der Waals surface area contributed by atoms with Gasteiger partial charge < -0.3 is 23.6 Å². The highest BCUT2D eigenvalue weighted by Crippen LogP contribution is 2.26. The number of carbonyl (C=O) groups is 1. The van der Waals surface area contributed by atoms with Crippen molar-refractivity contribution in [1.82, 2.24) is 9.55 Å². The number of ether oxygens (including phenoxy) is 2. The summed E-state index contributed by atoms with van der Waals surface area (Å²) in [6.07, 6.45) is 1.76. The third-order valence-corrected chi connectivity index (χ3v) is 5.67. The van der Waals surface area contributed by atoms with Crippen LogP contribution in [0.5, 0.6) is 11.5 Å². The Labute approximate surface area is 202 Å². The fourth-order valence-corrected chi connectivity index (χ4v) is 3.82. The van der Waals surface area contributed by atoms with Gasteiger partial charge in [-0.1, -0.05) is 30.3 Å². The molecule has 0 amide bonds. The molecule has 2 heterocycles. The lowest BCUT2D eigenvalue weighted by Crippen LogP contribution is -2.07. The molecule has 0 spiro atoms. The van der Waals surface area contributed by atoms with Gasteiger partial charge in [-0.3, -0.25) is 4.79 Å². The predicted molar refractivity (Wildman–Crippen MR) is 131 cm³/mol. The van der Waals surface area contributed by atoms with Crippen LogP contribution in [0.15, 0.2) is 89.5 Å². The molecule has 0 aliphatic heterocycles. The molecular weight excluding hydrogens is 444 g/mol. The minimum atomic E-state index is -0.880. The van der Waals surface area contributed by atoms with Gasteiger partial charge in [-0.2, -0.15) is 0 Å².